The van der Waals surface area contributed by atoms with E-state index in [2.05, 4.69) is 35.0 Å². The Morgan fingerprint density at radius 3 is 1.92 bits per heavy atom. The van der Waals surface area contributed by atoms with Crippen molar-refractivity contribution in [2.45, 2.75) is 45.6 Å². The molecule has 2 atom stereocenters. The summed E-state index contributed by atoms with van der Waals surface area (Å²) in [6.45, 7) is 4.78. The van der Waals surface area contributed by atoms with Gasteiger partial charge in [0.1, 0.15) is 0 Å². The molecule has 1 nitrogen and oxygen atoms in total. The topological polar surface area (TPSA) is 0 Å². The summed E-state index contributed by atoms with van der Waals surface area (Å²) in [7, 11) is 7.06. The van der Waals surface area contributed by atoms with Crippen LogP contribution in [0.25, 0.3) is 0 Å². The van der Waals surface area contributed by atoms with Gasteiger partial charge in [-0.2, -0.15) is 0 Å². The van der Waals surface area contributed by atoms with Gasteiger partial charge >= 0.3 is 0 Å². The maximum absolute atomic E-state index is 2.39. The molecule has 1 aliphatic carbocycles. The van der Waals surface area contributed by atoms with E-state index in [0.29, 0.717) is 0 Å². The van der Waals surface area contributed by atoms with E-state index < -0.39 is 0 Å². The molecule has 1 aliphatic rings. The Morgan fingerprint density at radius 2 is 1.54 bits per heavy atom. The summed E-state index contributed by atoms with van der Waals surface area (Å²) in [5.74, 6) is 1.82. The number of hydrogen-bond acceptors (Lipinski definition) is 0. The lowest BCUT2D eigenvalue weighted by Crippen LogP contribution is -2.51. The Balaban J connectivity index is 2.67. The smallest absolute Gasteiger partial charge is 0.0915 e. The predicted octanol–water partition coefficient (Wildman–Crippen LogP) is 2.91. The zero-order valence-electron chi connectivity index (χ0n) is 10.0. The van der Waals surface area contributed by atoms with Crippen LogP contribution in [-0.4, -0.2) is 31.7 Å². The van der Waals surface area contributed by atoms with Gasteiger partial charge in [-0.05, 0) is 25.2 Å². The summed E-state index contributed by atoms with van der Waals surface area (Å²) in [5.41, 5.74) is 0. The van der Waals surface area contributed by atoms with Crippen LogP contribution in [-0.2, 0) is 0 Å². The highest BCUT2D eigenvalue weighted by Gasteiger charge is 2.36. The minimum absolute atomic E-state index is 0.864. The standard InChI is InChI=1S/C12H26N/c1-10(2)11-8-6-7-9-12(11)13(3,4)5/h10-12H,6-9H2,1-5H3/q+1. The minimum Gasteiger partial charge on any atom is -0.328 e. The molecule has 0 N–H and O–H groups in total. The fourth-order valence-corrected chi connectivity index (χ4v) is 2.88. The van der Waals surface area contributed by atoms with E-state index in [4.69, 9.17) is 0 Å². The number of hydrogen-bond donors (Lipinski definition) is 0. The monoisotopic (exact) mass is 184 g/mol. The minimum atomic E-state index is 0.864. The van der Waals surface area contributed by atoms with E-state index in [9.17, 15) is 0 Å². The van der Waals surface area contributed by atoms with Crippen LogP contribution >= 0.6 is 0 Å². The Labute approximate surface area is 83.7 Å². The number of rotatable bonds is 2. The molecular formula is C12H26N+. The fourth-order valence-electron chi connectivity index (χ4n) is 2.88. The lowest BCUT2D eigenvalue weighted by molar-refractivity contribution is -0.902. The zero-order chi connectivity index (χ0) is 10.1. The van der Waals surface area contributed by atoms with Crippen molar-refractivity contribution in [1.29, 1.82) is 0 Å². The van der Waals surface area contributed by atoms with Crippen molar-refractivity contribution in [3.8, 4) is 0 Å². The SMILES string of the molecule is CC(C)C1CCCCC1[N+](C)(C)C. The Morgan fingerprint density at radius 1 is 1.00 bits per heavy atom. The van der Waals surface area contributed by atoms with Gasteiger partial charge in [-0.1, -0.05) is 20.3 Å². The van der Waals surface area contributed by atoms with Gasteiger partial charge in [-0.3, -0.25) is 0 Å². The molecule has 0 heterocycles. The van der Waals surface area contributed by atoms with Crippen LogP contribution in [0.5, 0.6) is 0 Å². The summed E-state index contributed by atoms with van der Waals surface area (Å²) in [4.78, 5) is 0. The normalized spacial score (nSPS) is 30.9. The van der Waals surface area contributed by atoms with Crippen LogP contribution in [0.4, 0.5) is 0 Å². The third-order valence-corrected chi connectivity index (χ3v) is 3.63. The number of quaternary nitrogens is 1. The van der Waals surface area contributed by atoms with Crippen molar-refractivity contribution in [3.05, 3.63) is 0 Å². The van der Waals surface area contributed by atoms with Crippen LogP contribution in [0, 0.1) is 11.8 Å². The second-order valence-electron chi connectivity index (χ2n) is 5.88. The van der Waals surface area contributed by atoms with Gasteiger partial charge < -0.3 is 4.48 Å². The molecular weight excluding hydrogens is 158 g/mol. The Bertz CT molecular complexity index is 155. The molecule has 0 aromatic heterocycles. The fraction of sp³-hybridized carbons (Fsp3) is 1.00. The molecule has 0 aromatic rings. The molecule has 0 bridgehead atoms. The average molecular weight is 184 g/mol. The van der Waals surface area contributed by atoms with Gasteiger partial charge in [0.2, 0.25) is 0 Å². The van der Waals surface area contributed by atoms with Crippen LogP contribution in [0.15, 0.2) is 0 Å². The Hall–Kier alpha value is -0.0400. The van der Waals surface area contributed by atoms with Crippen molar-refractivity contribution < 1.29 is 4.48 Å². The largest absolute Gasteiger partial charge is 0.328 e. The molecule has 1 rings (SSSR count). The van der Waals surface area contributed by atoms with E-state index in [-0.39, 0.29) is 0 Å². The van der Waals surface area contributed by atoms with Crippen molar-refractivity contribution in [3.63, 3.8) is 0 Å². The van der Waals surface area contributed by atoms with Crippen LogP contribution in [0.3, 0.4) is 0 Å². The van der Waals surface area contributed by atoms with Gasteiger partial charge in [0.25, 0.3) is 0 Å². The first-order chi connectivity index (χ1) is 5.93. The van der Waals surface area contributed by atoms with E-state index in [1.807, 2.05) is 0 Å². The second kappa shape index (κ2) is 4.00. The second-order valence-corrected chi connectivity index (χ2v) is 5.88. The molecule has 0 saturated heterocycles. The van der Waals surface area contributed by atoms with Crippen molar-refractivity contribution in [2.75, 3.05) is 21.1 Å². The molecule has 0 radical (unpaired) electrons. The van der Waals surface area contributed by atoms with Crippen LogP contribution in [0.2, 0.25) is 0 Å². The first-order valence-corrected chi connectivity index (χ1v) is 5.74. The Kier molecular flexibility index (Phi) is 3.39. The summed E-state index contributed by atoms with van der Waals surface area (Å²) in [5, 5.41) is 0. The van der Waals surface area contributed by atoms with E-state index in [0.717, 1.165) is 22.4 Å². The van der Waals surface area contributed by atoms with Gasteiger partial charge in [-0.15, -0.1) is 0 Å². The van der Waals surface area contributed by atoms with Gasteiger partial charge in [0.05, 0.1) is 27.2 Å². The van der Waals surface area contributed by atoms with Crippen molar-refractivity contribution >= 4 is 0 Å². The third-order valence-electron chi connectivity index (χ3n) is 3.63. The van der Waals surface area contributed by atoms with Crippen LogP contribution < -0.4 is 0 Å². The quantitative estimate of drug-likeness (QED) is 0.579. The molecule has 78 valence electrons. The van der Waals surface area contributed by atoms with E-state index >= 15 is 0 Å². The lowest BCUT2D eigenvalue weighted by atomic mass is 9.76. The maximum Gasteiger partial charge on any atom is 0.0915 e. The van der Waals surface area contributed by atoms with Gasteiger partial charge in [0, 0.05) is 5.92 Å². The molecule has 1 heteroatoms. The van der Waals surface area contributed by atoms with Crippen LogP contribution in [0.1, 0.15) is 39.5 Å². The first kappa shape index (κ1) is 11.0. The molecule has 13 heavy (non-hydrogen) atoms. The molecule has 1 fully saturated rings. The zero-order valence-corrected chi connectivity index (χ0v) is 10.0. The summed E-state index contributed by atoms with van der Waals surface area (Å²) in [6.07, 6.45) is 5.80. The lowest BCUT2D eigenvalue weighted by Gasteiger charge is -2.43. The predicted molar refractivity (Wildman–Crippen MR) is 58.6 cm³/mol. The summed E-state index contributed by atoms with van der Waals surface area (Å²) >= 11 is 0. The molecule has 0 aromatic carbocycles. The first-order valence-electron chi connectivity index (χ1n) is 5.74. The van der Waals surface area contributed by atoms with E-state index in [1.165, 1.54) is 25.7 Å². The van der Waals surface area contributed by atoms with Crippen molar-refractivity contribution in [2.24, 2.45) is 11.8 Å². The third kappa shape index (κ3) is 2.70. The van der Waals surface area contributed by atoms with Gasteiger partial charge in [0.15, 0.2) is 0 Å². The molecule has 0 aliphatic heterocycles. The molecule has 0 amide bonds. The molecule has 0 spiro atoms. The summed E-state index contributed by atoms with van der Waals surface area (Å²) < 4.78 is 1.16. The molecule has 2 unspecified atom stereocenters. The maximum atomic E-state index is 2.39. The van der Waals surface area contributed by atoms with E-state index in [1.54, 1.807) is 0 Å². The highest BCUT2D eigenvalue weighted by Crippen LogP contribution is 2.34. The highest BCUT2D eigenvalue weighted by molar-refractivity contribution is 4.78. The summed E-state index contributed by atoms with van der Waals surface area (Å²) in [6, 6.07) is 0.897. The number of nitrogens with zero attached hydrogens (tertiary/aromatic N) is 1. The average Bonchev–Trinajstić information content (AvgIpc) is 2.03. The molecule has 1 saturated carbocycles. The van der Waals surface area contributed by atoms with Crippen molar-refractivity contribution in [1.82, 2.24) is 0 Å². The van der Waals surface area contributed by atoms with Gasteiger partial charge in [-0.25, -0.2) is 0 Å². The highest BCUT2D eigenvalue weighted by atomic mass is 15.3.